The molecular weight excluding hydrogens is 240 g/mol. The number of rotatable bonds is 1. The van der Waals surface area contributed by atoms with Gasteiger partial charge in [0.15, 0.2) is 24.2 Å². The molecule has 0 amide bonds. The Balaban J connectivity index is 1.89. The van der Waals surface area contributed by atoms with Gasteiger partial charge in [0.1, 0.15) is 24.4 Å². The molecule has 0 radical (unpaired) electrons. The first kappa shape index (κ1) is 12.5. The van der Waals surface area contributed by atoms with Crippen molar-refractivity contribution in [3.05, 3.63) is 0 Å². The van der Waals surface area contributed by atoms with Crippen molar-refractivity contribution in [1.29, 1.82) is 0 Å². The molecule has 3 fully saturated rings. The quantitative estimate of drug-likeness (QED) is 0.641. The number of fused-ring (bicyclic) bond motifs is 3. The summed E-state index contributed by atoms with van der Waals surface area (Å²) in [6.45, 7) is 7.23. The lowest BCUT2D eigenvalue weighted by atomic mass is 10.00. The number of aldehydes is 1. The van der Waals surface area contributed by atoms with Crippen molar-refractivity contribution in [1.82, 2.24) is 0 Å². The molecule has 0 aromatic rings. The lowest BCUT2D eigenvalue weighted by Crippen LogP contribution is -2.55. The molecule has 0 aromatic carbocycles. The van der Waals surface area contributed by atoms with E-state index < -0.39 is 30.1 Å². The topological polar surface area (TPSA) is 63.2 Å². The maximum absolute atomic E-state index is 11.1. The van der Waals surface area contributed by atoms with Gasteiger partial charge in [0.25, 0.3) is 0 Å². The number of ether oxygens (including phenoxy) is 5. The van der Waals surface area contributed by atoms with Crippen LogP contribution >= 0.6 is 0 Å². The Morgan fingerprint density at radius 3 is 2.06 bits per heavy atom. The monoisotopic (exact) mass is 258 g/mol. The third-order valence-corrected chi connectivity index (χ3v) is 3.32. The minimum atomic E-state index is -0.745. The molecule has 3 aliphatic heterocycles. The molecular formula is C12H18O6. The van der Waals surface area contributed by atoms with Crippen LogP contribution in [0.4, 0.5) is 0 Å². The summed E-state index contributed by atoms with van der Waals surface area (Å²) in [6, 6.07) is 0. The van der Waals surface area contributed by atoms with Gasteiger partial charge < -0.3 is 28.5 Å². The van der Waals surface area contributed by atoms with Gasteiger partial charge in [-0.2, -0.15) is 0 Å². The molecule has 0 bridgehead atoms. The van der Waals surface area contributed by atoms with Crippen LogP contribution in [0, 0.1) is 0 Å². The number of hydrogen-bond acceptors (Lipinski definition) is 6. The van der Waals surface area contributed by atoms with E-state index in [0.717, 1.165) is 6.29 Å². The van der Waals surface area contributed by atoms with E-state index >= 15 is 0 Å². The van der Waals surface area contributed by atoms with Crippen LogP contribution in [0.3, 0.4) is 0 Å². The smallest absolute Gasteiger partial charge is 0.190 e. The fourth-order valence-corrected chi connectivity index (χ4v) is 2.75. The van der Waals surface area contributed by atoms with Crippen LogP contribution in [0.15, 0.2) is 0 Å². The first-order valence-electron chi connectivity index (χ1n) is 6.13. The normalized spacial score (nSPS) is 48.6. The first-order chi connectivity index (χ1) is 8.31. The predicted molar refractivity (Wildman–Crippen MR) is 58.6 cm³/mol. The molecule has 3 unspecified atom stereocenters. The second-order valence-electron chi connectivity index (χ2n) is 5.77. The molecule has 0 N–H and O–H groups in total. The van der Waals surface area contributed by atoms with Crippen LogP contribution in [0.5, 0.6) is 0 Å². The van der Waals surface area contributed by atoms with Gasteiger partial charge in [0.05, 0.1) is 0 Å². The van der Waals surface area contributed by atoms with E-state index in [2.05, 4.69) is 0 Å². The molecule has 102 valence electrons. The van der Waals surface area contributed by atoms with Gasteiger partial charge in [-0.25, -0.2) is 0 Å². The van der Waals surface area contributed by atoms with Gasteiger partial charge in [-0.05, 0) is 27.7 Å². The van der Waals surface area contributed by atoms with Gasteiger partial charge >= 0.3 is 0 Å². The second kappa shape index (κ2) is 3.74. The van der Waals surface area contributed by atoms with E-state index in [1.807, 2.05) is 13.8 Å². The molecule has 18 heavy (non-hydrogen) atoms. The standard InChI is InChI=1S/C12H18O6/c1-11(2)15-7-6(5-13)14-10-9(8(7)16-11)17-12(3,4)18-10/h5-10H,1-4H3/t6?,7?,8-,9?,10-/m0/s1. The molecule has 5 atom stereocenters. The predicted octanol–water partition coefficient (Wildman–Crippen LogP) is 0.582. The van der Waals surface area contributed by atoms with Gasteiger partial charge in [-0.1, -0.05) is 0 Å². The third-order valence-electron chi connectivity index (χ3n) is 3.32. The number of carbonyl (C=O) groups is 1. The molecule has 0 saturated carbocycles. The van der Waals surface area contributed by atoms with Crippen LogP contribution in [-0.2, 0) is 28.5 Å². The Bertz CT molecular complexity index is 366. The Morgan fingerprint density at radius 1 is 0.833 bits per heavy atom. The van der Waals surface area contributed by atoms with Crippen LogP contribution in [0.1, 0.15) is 27.7 Å². The molecule has 0 spiro atoms. The van der Waals surface area contributed by atoms with Crippen molar-refractivity contribution in [2.24, 2.45) is 0 Å². The average Bonchev–Trinajstić information content (AvgIpc) is 2.71. The summed E-state index contributed by atoms with van der Waals surface area (Å²) in [5.74, 6) is -1.49. The summed E-state index contributed by atoms with van der Waals surface area (Å²) in [5, 5.41) is 0. The lowest BCUT2D eigenvalue weighted by molar-refractivity contribution is -0.226. The molecule has 3 aliphatic rings. The highest BCUT2D eigenvalue weighted by atomic mass is 16.9. The summed E-state index contributed by atoms with van der Waals surface area (Å²) < 4.78 is 28.5. The Hall–Kier alpha value is -0.530. The Labute approximate surface area is 105 Å². The molecule has 3 rings (SSSR count). The fraction of sp³-hybridized carbons (Fsp3) is 0.917. The van der Waals surface area contributed by atoms with Crippen LogP contribution in [-0.4, -0.2) is 48.6 Å². The second-order valence-corrected chi connectivity index (χ2v) is 5.77. The Kier molecular flexibility index (Phi) is 2.60. The van der Waals surface area contributed by atoms with Gasteiger partial charge in [-0.3, -0.25) is 0 Å². The maximum atomic E-state index is 11.1. The highest BCUT2D eigenvalue weighted by molar-refractivity contribution is 5.58. The summed E-state index contributed by atoms with van der Waals surface area (Å²) in [4.78, 5) is 11.1. The van der Waals surface area contributed by atoms with E-state index in [-0.39, 0.29) is 12.2 Å². The Morgan fingerprint density at radius 2 is 1.39 bits per heavy atom. The SMILES string of the molecule is CC1(C)OC2[C@@H](OC(C=O)C3OC(C)(C)O[C@@H]32)O1. The van der Waals surface area contributed by atoms with E-state index in [4.69, 9.17) is 23.7 Å². The summed E-state index contributed by atoms with van der Waals surface area (Å²) >= 11 is 0. The molecule has 3 heterocycles. The van der Waals surface area contributed by atoms with Gasteiger partial charge in [0, 0.05) is 0 Å². The largest absolute Gasteiger partial charge is 0.342 e. The zero-order valence-corrected chi connectivity index (χ0v) is 10.9. The zero-order chi connectivity index (χ0) is 13.1. The van der Waals surface area contributed by atoms with Gasteiger partial charge in [0.2, 0.25) is 0 Å². The van der Waals surface area contributed by atoms with Gasteiger partial charge in [-0.15, -0.1) is 0 Å². The van der Waals surface area contributed by atoms with E-state index in [0.29, 0.717) is 0 Å². The van der Waals surface area contributed by atoms with E-state index in [1.165, 1.54) is 0 Å². The summed E-state index contributed by atoms with van der Waals surface area (Å²) in [6.07, 6.45) is -1.72. The van der Waals surface area contributed by atoms with Crippen molar-refractivity contribution in [2.45, 2.75) is 70.0 Å². The van der Waals surface area contributed by atoms with Crippen LogP contribution < -0.4 is 0 Å². The third kappa shape index (κ3) is 1.88. The van der Waals surface area contributed by atoms with Crippen LogP contribution in [0.25, 0.3) is 0 Å². The summed E-state index contributed by atoms with van der Waals surface area (Å²) in [7, 11) is 0. The van der Waals surface area contributed by atoms with Crippen molar-refractivity contribution in [3.63, 3.8) is 0 Å². The molecule has 6 nitrogen and oxygen atoms in total. The minimum absolute atomic E-state index is 0.351. The molecule has 6 heteroatoms. The maximum Gasteiger partial charge on any atom is 0.190 e. The molecule has 0 aliphatic carbocycles. The van der Waals surface area contributed by atoms with Crippen molar-refractivity contribution in [3.8, 4) is 0 Å². The summed E-state index contributed by atoms with van der Waals surface area (Å²) in [5.41, 5.74) is 0. The van der Waals surface area contributed by atoms with Crippen molar-refractivity contribution in [2.75, 3.05) is 0 Å². The molecule has 3 saturated heterocycles. The van der Waals surface area contributed by atoms with Crippen molar-refractivity contribution < 1.29 is 28.5 Å². The van der Waals surface area contributed by atoms with E-state index in [1.54, 1.807) is 13.8 Å². The van der Waals surface area contributed by atoms with E-state index in [9.17, 15) is 4.79 Å². The number of hydrogen-bond donors (Lipinski definition) is 0. The van der Waals surface area contributed by atoms with Crippen molar-refractivity contribution >= 4 is 6.29 Å². The minimum Gasteiger partial charge on any atom is -0.342 e. The highest BCUT2D eigenvalue weighted by Gasteiger charge is 2.60. The highest BCUT2D eigenvalue weighted by Crippen LogP contribution is 2.43. The van der Waals surface area contributed by atoms with Crippen LogP contribution in [0.2, 0.25) is 0 Å². The average molecular weight is 258 g/mol. The number of carbonyl (C=O) groups excluding carboxylic acids is 1. The first-order valence-corrected chi connectivity index (χ1v) is 6.13. The fourth-order valence-electron chi connectivity index (χ4n) is 2.75. The zero-order valence-electron chi connectivity index (χ0n) is 10.9. The molecule has 0 aromatic heterocycles. The lowest BCUT2D eigenvalue weighted by Gasteiger charge is -2.34.